The fraction of sp³-hybridized carbons (Fsp3) is 0.261. The largest absolute Gasteiger partial charge is 2.00 e. The van der Waals surface area contributed by atoms with Gasteiger partial charge in [0, 0.05) is 23.3 Å². The number of aryl methyl sites for hydroxylation is 3. The van der Waals surface area contributed by atoms with E-state index in [0.29, 0.717) is 28.6 Å². The minimum absolute atomic E-state index is 0. The van der Waals surface area contributed by atoms with Crippen LogP contribution in [-0.2, 0) is 33.9 Å². The molecule has 274 valence electrons. The van der Waals surface area contributed by atoms with E-state index in [2.05, 4.69) is 71.5 Å². The maximum Gasteiger partial charge on any atom is 2.00 e. The van der Waals surface area contributed by atoms with Gasteiger partial charge in [0.05, 0.1) is 27.9 Å². The molecule has 9 aromatic rings. The van der Waals surface area contributed by atoms with Crippen molar-refractivity contribution in [1.29, 1.82) is 0 Å². The van der Waals surface area contributed by atoms with Crippen LogP contribution in [0.4, 0.5) is 0 Å². The van der Waals surface area contributed by atoms with Gasteiger partial charge in [-0.15, -0.1) is 17.7 Å². The van der Waals surface area contributed by atoms with Gasteiger partial charge in [-0.25, -0.2) is 9.97 Å². The van der Waals surface area contributed by atoms with Crippen molar-refractivity contribution in [3.8, 4) is 28.6 Å². The quantitative estimate of drug-likeness (QED) is 0.160. The van der Waals surface area contributed by atoms with Crippen molar-refractivity contribution in [3.05, 3.63) is 119 Å². The van der Waals surface area contributed by atoms with Crippen LogP contribution in [0.1, 0.15) is 60.1 Å². The van der Waals surface area contributed by atoms with Crippen LogP contribution in [0.25, 0.3) is 67.0 Å². The molecular weight excluding hydrogens is 864 g/mol. The predicted molar refractivity (Wildman–Crippen MR) is 212 cm³/mol. The summed E-state index contributed by atoms with van der Waals surface area (Å²) in [7, 11) is 0. The van der Waals surface area contributed by atoms with E-state index < -0.39 is 0 Å². The SMILES string of the molecule is Cc1ccc2c(n1)oc1c(Oc3ccc4c(n3)n(-c3[c-]cc(C)c(C)c3)c3nc5ccccc5n43)[c-]c(-c3cc4c(cn3)CC(C3CCCCC3)C4)cc12.[Pt+2]. The van der Waals surface area contributed by atoms with E-state index in [1.54, 1.807) is 0 Å². The molecule has 1 atom stereocenters. The van der Waals surface area contributed by atoms with E-state index >= 15 is 0 Å². The number of imidazole rings is 2. The maximum absolute atomic E-state index is 6.74. The number of rotatable bonds is 5. The van der Waals surface area contributed by atoms with E-state index in [1.165, 1.54) is 54.4 Å². The Morgan fingerprint density at radius 1 is 0.800 bits per heavy atom. The van der Waals surface area contributed by atoms with E-state index in [-0.39, 0.29) is 21.1 Å². The second kappa shape index (κ2) is 13.2. The Kier molecular flexibility index (Phi) is 8.18. The van der Waals surface area contributed by atoms with Gasteiger partial charge in [0.25, 0.3) is 0 Å². The van der Waals surface area contributed by atoms with Gasteiger partial charge in [-0.05, 0) is 78.6 Å². The van der Waals surface area contributed by atoms with Crippen LogP contribution in [0.5, 0.6) is 11.6 Å². The number of fused-ring (bicyclic) bond motifs is 9. The van der Waals surface area contributed by atoms with Gasteiger partial charge < -0.3 is 14.1 Å². The Labute approximate surface area is 332 Å². The first-order chi connectivity index (χ1) is 26.4. The number of nitrogens with zero attached hydrogens (tertiary/aromatic N) is 6. The molecule has 0 amide bonds. The van der Waals surface area contributed by atoms with Crippen LogP contribution in [0.3, 0.4) is 0 Å². The van der Waals surface area contributed by atoms with Crippen LogP contribution < -0.4 is 4.74 Å². The normalized spacial score (nSPS) is 16.1. The molecule has 0 bridgehead atoms. The number of para-hydroxylation sites is 2. The molecule has 0 saturated heterocycles. The summed E-state index contributed by atoms with van der Waals surface area (Å²) in [6.07, 6.45) is 11.2. The van der Waals surface area contributed by atoms with Gasteiger partial charge >= 0.3 is 21.1 Å². The van der Waals surface area contributed by atoms with Gasteiger partial charge in [0.2, 0.25) is 17.4 Å². The average molecular weight is 902 g/mol. The summed E-state index contributed by atoms with van der Waals surface area (Å²) < 4.78 is 17.4. The zero-order valence-electron chi connectivity index (χ0n) is 30.9. The van der Waals surface area contributed by atoms with E-state index in [1.807, 2.05) is 49.4 Å². The molecule has 0 radical (unpaired) electrons. The molecule has 2 aliphatic carbocycles. The first-order valence-corrected chi connectivity index (χ1v) is 19.2. The van der Waals surface area contributed by atoms with Gasteiger partial charge in [0.15, 0.2) is 5.65 Å². The number of pyridine rings is 3. The summed E-state index contributed by atoms with van der Waals surface area (Å²) in [6, 6.07) is 31.8. The van der Waals surface area contributed by atoms with Gasteiger partial charge in [-0.2, -0.15) is 28.2 Å². The third-order valence-corrected chi connectivity index (χ3v) is 12.0. The van der Waals surface area contributed by atoms with Crippen LogP contribution in [0.15, 0.2) is 83.4 Å². The summed E-state index contributed by atoms with van der Waals surface area (Å²) in [6.45, 7) is 6.18. The van der Waals surface area contributed by atoms with Crippen LogP contribution in [0, 0.1) is 44.7 Å². The third-order valence-electron chi connectivity index (χ3n) is 12.0. The Hall–Kier alpha value is -5.33. The molecule has 8 nitrogen and oxygen atoms in total. The molecule has 55 heavy (non-hydrogen) atoms. The molecule has 9 heteroatoms. The molecule has 11 rings (SSSR count). The molecule has 1 saturated carbocycles. The minimum atomic E-state index is 0. The summed E-state index contributed by atoms with van der Waals surface area (Å²) in [5, 5.41) is 1.83. The topological polar surface area (TPSA) is 83.3 Å². The summed E-state index contributed by atoms with van der Waals surface area (Å²) in [5.41, 5.74) is 13.3. The van der Waals surface area contributed by atoms with E-state index in [4.69, 9.17) is 29.1 Å². The first-order valence-electron chi connectivity index (χ1n) is 19.2. The summed E-state index contributed by atoms with van der Waals surface area (Å²) in [5.74, 6) is 3.16. The molecule has 6 aromatic heterocycles. The first kappa shape index (κ1) is 34.2. The third kappa shape index (κ3) is 5.59. The van der Waals surface area contributed by atoms with Crippen molar-refractivity contribution in [2.45, 2.75) is 65.7 Å². The molecule has 2 aliphatic rings. The fourth-order valence-electron chi connectivity index (χ4n) is 9.02. The molecule has 1 unspecified atom stereocenters. The van der Waals surface area contributed by atoms with Crippen molar-refractivity contribution < 1.29 is 30.2 Å². The number of hydrogen-bond acceptors (Lipinski definition) is 6. The van der Waals surface area contributed by atoms with Crippen LogP contribution >= 0.6 is 0 Å². The fourth-order valence-corrected chi connectivity index (χ4v) is 9.02. The van der Waals surface area contributed by atoms with Crippen molar-refractivity contribution in [2.75, 3.05) is 0 Å². The van der Waals surface area contributed by atoms with Gasteiger partial charge in [-0.1, -0.05) is 81.5 Å². The van der Waals surface area contributed by atoms with Crippen molar-refractivity contribution in [2.24, 2.45) is 11.8 Å². The number of benzene rings is 3. The zero-order chi connectivity index (χ0) is 36.1. The number of aromatic nitrogens is 6. The second-order valence-corrected chi connectivity index (χ2v) is 15.4. The van der Waals surface area contributed by atoms with Gasteiger partial charge in [0.1, 0.15) is 0 Å². The Morgan fingerprint density at radius 2 is 1.65 bits per heavy atom. The number of furan rings is 1. The second-order valence-electron chi connectivity index (χ2n) is 15.4. The smallest absolute Gasteiger partial charge is 0.482 e. The summed E-state index contributed by atoms with van der Waals surface area (Å²) in [4.78, 5) is 20.0. The molecule has 3 aromatic carbocycles. The van der Waals surface area contributed by atoms with Crippen LogP contribution in [-0.4, -0.2) is 28.9 Å². The monoisotopic (exact) mass is 901 g/mol. The van der Waals surface area contributed by atoms with Crippen molar-refractivity contribution in [1.82, 2.24) is 28.9 Å². The minimum Gasteiger partial charge on any atom is -0.482 e. The van der Waals surface area contributed by atoms with E-state index in [0.717, 1.165) is 80.4 Å². The van der Waals surface area contributed by atoms with Gasteiger partial charge in [-0.3, -0.25) is 8.97 Å². The van der Waals surface area contributed by atoms with E-state index in [9.17, 15) is 0 Å². The van der Waals surface area contributed by atoms with Crippen molar-refractivity contribution >= 4 is 50.0 Å². The molecule has 0 spiro atoms. The standard InChI is InChI=1S/C46H38N6O2.Pt/c1-26-13-15-34(19-27(26)2)51-44-40(52-39-12-8-7-11-37(39)49-46(51)52)17-18-42(50-44)53-41-24-32(22-36-35-16-14-28(3)48-45(35)54-43(36)41)38-23-31-20-30(21-33(31)25-47-38)29-9-5-4-6-10-29;/h7-8,11-14,16-19,22-23,25,29-30H,4-6,9-10,20-21H2,1-3H3;/q-2;+2. The molecule has 0 N–H and O–H groups in total. The molecule has 1 fully saturated rings. The number of hydrogen-bond donors (Lipinski definition) is 0. The summed E-state index contributed by atoms with van der Waals surface area (Å²) >= 11 is 0. The molecule has 0 aliphatic heterocycles. The van der Waals surface area contributed by atoms with Crippen molar-refractivity contribution in [3.63, 3.8) is 0 Å². The number of ether oxygens (including phenoxy) is 1. The Balaban J connectivity index is 0.00000372. The Morgan fingerprint density at radius 3 is 2.53 bits per heavy atom. The zero-order valence-corrected chi connectivity index (χ0v) is 33.2. The predicted octanol–water partition coefficient (Wildman–Crippen LogP) is 10.8. The average Bonchev–Trinajstić information content (AvgIpc) is 3.95. The molecule has 6 heterocycles. The maximum atomic E-state index is 6.74. The van der Waals surface area contributed by atoms with Crippen LogP contribution in [0.2, 0.25) is 0 Å². The molecular formula is C46H38N6O2Pt. The Bertz CT molecular complexity index is 2970.